The molecule has 2 aromatic carbocycles. The van der Waals surface area contributed by atoms with Gasteiger partial charge in [-0.05, 0) is 36.2 Å². The number of H-pyrrole nitrogens is 1. The first-order chi connectivity index (χ1) is 15.2. The molecule has 0 radical (unpaired) electrons. The Morgan fingerprint density at radius 1 is 1.16 bits per heavy atom. The SMILES string of the molecule is O=C(Nc1ccc2[nH]ncc2c1)c1cnccc1O[C@@H]1CCN(Cc2ccccc2)C1. The van der Waals surface area contributed by atoms with Gasteiger partial charge in [0.2, 0.25) is 0 Å². The molecule has 1 saturated heterocycles. The summed E-state index contributed by atoms with van der Waals surface area (Å²) in [5, 5.41) is 10.8. The first kappa shape index (κ1) is 19.3. The molecule has 3 heterocycles. The Kier molecular flexibility index (Phi) is 5.33. The van der Waals surface area contributed by atoms with E-state index in [0.29, 0.717) is 17.0 Å². The third-order valence-electron chi connectivity index (χ3n) is 5.50. The molecule has 1 atom stereocenters. The zero-order valence-corrected chi connectivity index (χ0v) is 17.0. The number of ether oxygens (including phenoxy) is 1. The number of amides is 1. The minimum Gasteiger partial charge on any atom is -0.488 e. The average Bonchev–Trinajstić information content (AvgIpc) is 3.44. The van der Waals surface area contributed by atoms with Gasteiger partial charge in [0, 0.05) is 43.1 Å². The van der Waals surface area contributed by atoms with E-state index < -0.39 is 0 Å². The lowest BCUT2D eigenvalue weighted by molar-refractivity contribution is 0.101. The van der Waals surface area contributed by atoms with E-state index in [1.807, 2.05) is 24.3 Å². The second kappa shape index (κ2) is 8.57. The molecule has 5 rings (SSSR count). The number of fused-ring (bicyclic) bond motifs is 1. The molecule has 1 aliphatic rings. The highest BCUT2D eigenvalue weighted by Gasteiger charge is 2.25. The largest absolute Gasteiger partial charge is 0.488 e. The van der Waals surface area contributed by atoms with Crippen molar-refractivity contribution in [2.75, 3.05) is 18.4 Å². The quantitative estimate of drug-likeness (QED) is 0.502. The normalized spacial score (nSPS) is 16.5. The number of anilines is 1. The fraction of sp³-hybridized carbons (Fsp3) is 0.208. The Hall–Kier alpha value is -3.71. The summed E-state index contributed by atoms with van der Waals surface area (Å²) in [4.78, 5) is 19.4. The van der Waals surface area contributed by atoms with E-state index in [2.05, 4.69) is 49.7 Å². The number of nitrogens with one attached hydrogen (secondary N) is 2. The first-order valence-electron chi connectivity index (χ1n) is 10.4. The maximum atomic E-state index is 12.9. The second-order valence-electron chi connectivity index (χ2n) is 7.75. The van der Waals surface area contributed by atoms with E-state index in [4.69, 9.17) is 4.74 Å². The van der Waals surface area contributed by atoms with Gasteiger partial charge in [-0.25, -0.2) is 0 Å². The smallest absolute Gasteiger partial charge is 0.261 e. The van der Waals surface area contributed by atoms with Crippen LogP contribution in [-0.2, 0) is 6.54 Å². The van der Waals surface area contributed by atoms with Crippen molar-refractivity contribution in [1.29, 1.82) is 0 Å². The zero-order chi connectivity index (χ0) is 21.0. The molecular formula is C24H23N5O2. The molecule has 2 N–H and O–H groups in total. The van der Waals surface area contributed by atoms with Crippen molar-refractivity contribution in [3.05, 3.63) is 84.3 Å². The molecule has 0 unspecified atom stereocenters. The Morgan fingerprint density at radius 3 is 2.97 bits per heavy atom. The Morgan fingerprint density at radius 2 is 2.06 bits per heavy atom. The van der Waals surface area contributed by atoms with E-state index in [9.17, 15) is 4.79 Å². The number of nitrogens with zero attached hydrogens (tertiary/aromatic N) is 3. The fourth-order valence-electron chi connectivity index (χ4n) is 3.93. The number of carbonyl (C=O) groups is 1. The minimum absolute atomic E-state index is 0.0416. The molecule has 2 aromatic heterocycles. The number of pyridine rings is 1. The average molecular weight is 413 g/mol. The van der Waals surface area contributed by atoms with Crippen LogP contribution in [-0.4, -0.2) is 45.2 Å². The standard InChI is InChI=1S/C24H23N5O2/c30-24(27-19-6-7-22-18(12-19)13-26-28-22)21-14-25-10-8-23(21)31-20-9-11-29(16-20)15-17-4-2-1-3-5-17/h1-8,10,12-14,20H,9,11,15-16H2,(H,26,28)(H,27,30)/t20-/m1/s1. The van der Waals surface area contributed by atoms with Gasteiger partial charge in [-0.2, -0.15) is 5.10 Å². The number of benzene rings is 2. The van der Waals surface area contributed by atoms with Gasteiger partial charge in [0.05, 0.1) is 17.3 Å². The molecule has 156 valence electrons. The molecular weight excluding hydrogens is 390 g/mol. The number of aromatic amines is 1. The summed E-state index contributed by atoms with van der Waals surface area (Å²) in [6.45, 7) is 2.70. The van der Waals surface area contributed by atoms with Gasteiger partial charge in [-0.1, -0.05) is 30.3 Å². The molecule has 0 bridgehead atoms. The number of carbonyl (C=O) groups excluding carboxylic acids is 1. The fourth-order valence-corrected chi connectivity index (χ4v) is 3.93. The van der Waals surface area contributed by atoms with Gasteiger partial charge in [0.15, 0.2) is 0 Å². The van der Waals surface area contributed by atoms with Crippen LogP contribution in [0.2, 0.25) is 0 Å². The minimum atomic E-state index is -0.245. The van der Waals surface area contributed by atoms with Crippen molar-refractivity contribution < 1.29 is 9.53 Å². The molecule has 0 saturated carbocycles. The summed E-state index contributed by atoms with van der Waals surface area (Å²) in [6.07, 6.45) is 5.90. The van der Waals surface area contributed by atoms with Gasteiger partial charge in [0.25, 0.3) is 5.91 Å². The molecule has 0 aliphatic carbocycles. The Labute approximate surface area is 180 Å². The molecule has 1 amide bonds. The third kappa shape index (κ3) is 4.41. The number of likely N-dealkylation sites (tertiary alicyclic amines) is 1. The van der Waals surface area contributed by atoms with Crippen LogP contribution >= 0.6 is 0 Å². The maximum Gasteiger partial charge on any atom is 0.261 e. The van der Waals surface area contributed by atoms with Crippen LogP contribution in [0.5, 0.6) is 5.75 Å². The van der Waals surface area contributed by atoms with Gasteiger partial charge in [-0.3, -0.25) is 19.8 Å². The van der Waals surface area contributed by atoms with Crippen LogP contribution in [0.3, 0.4) is 0 Å². The van der Waals surface area contributed by atoms with Crippen LogP contribution in [0.4, 0.5) is 5.69 Å². The van der Waals surface area contributed by atoms with E-state index in [1.54, 1.807) is 24.7 Å². The summed E-state index contributed by atoms with van der Waals surface area (Å²) in [5.41, 5.74) is 3.34. The molecule has 0 spiro atoms. The van der Waals surface area contributed by atoms with Crippen molar-refractivity contribution in [1.82, 2.24) is 20.1 Å². The van der Waals surface area contributed by atoms with Crippen LogP contribution in [0.1, 0.15) is 22.3 Å². The summed E-state index contributed by atoms with van der Waals surface area (Å²) in [5.74, 6) is 0.313. The van der Waals surface area contributed by atoms with Crippen molar-refractivity contribution >= 4 is 22.5 Å². The number of rotatable bonds is 6. The van der Waals surface area contributed by atoms with E-state index in [0.717, 1.165) is 37.0 Å². The molecule has 1 fully saturated rings. The topological polar surface area (TPSA) is 83.1 Å². The lowest BCUT2D eigenvalue weighted by atomic mass is 10.2. The first-order valence-corrected chi connectivity index (χ1v) is 10.4. The molecule has 7 nitrogen and oxygen atoms in total. The predicted molar refractivity (Wildman–Crippen MR) is 119 cm³/mol. The van der Waals surface area contributed by atoms with Crippen molar-refractivity contribution in [2.45, 2.75) is 19.1 Å². The van der Waals surface area contributed by atoms with Crippen molar-refractivity contribution in [2.24, 2.45) is 0 Å². The van der Waals surface area contributed by atoms with Gasteiger partial charge in [-0.15, -0.1) is 0 Å². The van der Waals surface area contributed by atoms with Crippen LogP contribution < -0.4 is 10.1 Å². The summed E-state index contributed by atoms with van der Waals surface area (Å²) in [6, 6.07) is 17.8. The lowest BCUT2D eigenvalue weighted by Gasteiger charge is -2.18. The van der Waals surface area contributed by atoms with Crippen molar-refractivity contribution in [3.8, 4) is 5.75 Å². The van der Waals surface area contributed by atoms with Gasteiger partial charge < -0.3 is 10.1 Å². The Balaban J connectivity index is 1.25. The Bertz CT molecular complexity index is 1190. The van der Waals surface area contributed by atoms with E-state index in [1.165, 1.54) is 5.56 Å². The monoisotopic (exact) mass is 413 g/mol. The zero-order valence-electron chi connectivity index (χ0n) is 17.0. The van der Waals surface area contributed by atoms with E-state index in [-0.39, 0.29) is 12.0 Å². The predicted octanol–water partition coefficient (Wildman–Crippen LogP) is 3.86. The molecule has 4 aromatic rings. The highest BCUT2D eigenvalue weighted by atomic mass is 16.5. The maximum absolute atomic E-state index is 12.9. The molecule has 31 heavy (non-hydrogen) atoms. The molecule has 7 heteroatoms. The second-order valence-corrected chi connectivity index (χ2v) is 7.75. The summed E-state index contributed by atoms with van der Waals surface area (Å²) >= 11 is 0. The number of aromatic nitrogens is 3. The van der Waals surface area contributed by atoms with Crippen LogP contribution in [0, 0.1) is 0 Å². The number of hydrogen-bond donors (Lipinski definition) is 2. The van der Waals surface area contributed by atoms with Gasteiger partial charge >= 0.3 is 0 Å². The summed E-state index contributed by atoms with van der Waals surface area (Å²) in [7, 11) is 0. The van der Waals surface area contributed by atoms with E-state index >= 15 is 0 Å². The summed E-state index contributed by atoms with van der Waals surface area (Å²) < 4.78 is 6.23. The molecule has 1 aliphatic heterocycles. The third-order valence-corrected chi connectivity index (χ3v) is 5.50. The highest BCUT2D eigenvalue weighted by Crippen LogP contribution is 2.24. The van der Waals surface area contributed by atoms with Crippen LogP contribution in [0.15, 0.2) is 73.2 Å². The van der Waals surface area contributed by atoms with Crippen molar-refractivity contribution in [3.63, 3.8) is 0 Å². The van der Waals surface area contributed by atoms with Gasteiger partial charge in [0.1, 0.15) is 11.9 Å². The number of hydrogen-bond acceptors (Lipinski definition) is 5. The lowest BCUT2D eigenvalue weighted by Crippen LogP contribution is -2.25. The van der Waals surface area contributed by atoms with Crippen LogP contribution in [0.25, 0.3) is 10.9 Å². The highest BCUT2D eigenvalue weighted by molar-refractivity contribution is 6.06.